The number of hydrogen-bond acceptors (Lipinski definition) is 3. The first-order chi connectivity index (χ1) is 8.77. The number of ether oxygens (including phenoxy) is 1. The molecule has 0 spiro atoms. The Bertz CT molecular complexity index is 387. The first kappa shape index (κ1) is 14.4. The summed E-state index contributed by atoms with van der Waals surface area (Å²) in [4.78, 5) is 8.69. The van der Waals surface area contributed by atoms with Crippen LogP contribution in [0.15, 0.2) is 40.3 Å². The van der Waals surface area contributed by atoms with Crippen molar-refractivity contribution in [3.63, 3.8) is 0 Å². The number of methoxy groups -OCH3 is 1. The summed E-state index contributed by atoms with van der Waals surface area (Å²) in [6.07, 6.45) is 1.67. The number of aliphatic imine (C=N–C) groups is 2. The largest absolute Gasteiger partial charge is 0.382 e. The van der Waals surface area contributed by atoms with Gasteiger partial charge >= 0.3 is 0 Å². The van der Waals surface area contributed by atoms with Crippen molar-refractivity contribution in [2.75, 3.05) is 20.3 Å². The first-order valence-electron chi connectivity index (χ1n) is 6.11. The van der Waals surface area contributed by atoms with Gasteiger partial charge in [0.15, 0.2) is 0 Å². The maximum Gasteiger partial charge on any atom is 0.100 e. The third-order valence-electron chi connectivity index (χ3n) is 2.41. The highest BCUT2D eigenvalue weighted by Crippen LogP contribution is 2.17. The minimum atomic E-state index is 0.0127. The fraction of sp³-hybridized carbons (Fsp3) is 0.429. The number of nitrogens with one attached hydrogen (secondary N) is 1. The topological polar surface area (TPSA) is 46.0 Å². The lowest BCUT2D eigenvalue weighted by Crippen LogP contribution is -2.20. The van der Waals surface area contributed by atoms with Crippen LogP contribution in [0.3, 0.4) is 0 Å². The van der Waals surface area contributed by atoms with E-state index in [1.165, 1.54) is 0 Å². The molecule has 0 fully saturated rings. The summed E-state index contributed by atoms with van der Waals surface area (Å²) < 4.78 is 5.22. The molecule has 0 aromatic heterocycles. The number of amidine groups is 1. The molecule has 0 bridgehead atoms. The molecule has 98 valence electrons. The molecule has 0 heterocycles. The van der Waals surface area contributed by atoms with Crippen LogP contribution in [0.2, 0.25) is 0 Å². The molecule has 0 aliphatic carbocycles. The minimum Gasteiger partial charge on any atom is -0.382 e. The Morgan fingerprint density at radius 1 is 1.39 bits per heavy atom. The van der Waals surface area contributed by atoms with Gasteiger partial charge in [-0.05, 0) is 19.4 Å². The lowest BCUT2D eigenvalue weighted by molar-refractivity contribution is 0.181. The summed E-state index contributed by atoms with van der Waals surface area (Å²) in [5.74, 6) is 0.832. The van der Waals surface area contributed by atoms with E-state index in [1.54, 1.807) is 13.4 Å². The van der Waals surface area contributed by atoms with Gasteiger partial charge in [-0.2, -0.15) is 0 Å². The van der Waals surface area contributed by atoms with Crippen molar-refractivity contribution in [3.8, 4) is 0 Å². The van der Waals surface area contributed by atoms with E-state index in [2.05, 4.69) is 27.4 Å². The zero-order chi connectivity index (χ0) is 13.2. The molecule has 0 radical (unpaired) electrons. The van der Waals surface area contributed by atoms with Crippen molar-refractivity contribution in [2.45, 2.75) is 19.9 Å². The molecule has 0 aliphatic heterocycles. The van der Waals surface area contributed by atoms with Crippen LogP contribution >= 0.6 is 0 Å². The molecule has 0 saturated heterocycles. The van der Waals surface area contributed by atoms with Gasteiger partial charge in [0.1, 0.15) is 6.04 Å². The summed E-state index contributed by atoms with van der Waals surface area (Å²) in [6, 6.07) is 10.1. The summed E-state index contributed by atoms with van der Waals surface area (Å²) >= 11 is 0. The van der Waals surface area contributed by atoms with Gasteiger partial charge in [-0.1, -0.05) is 30.3 Å². The molecule has 1 rings (SSSR count). The fourth-order valence-corrected chi connectivity index (χ4v) is 1.54. The molecule has 18 heavy (non-hydrogen) atoms. The van der Waals surface area contributed by atoms with E-state index < -0.39 is 0 Å². The van der Waals surface area contributed by atoms with Gasteiger partial charge in [-0.3, -0.25) is 9.98 Å². The monoisotopic (exact) mass is 247 g/mol. The van der Waals surface area contributed by atoms with Crippen LogP contribution in [0.4, 0.5) is 0 Å². The van der Waals surface area contributed by atoms with E-state index >= 15 is 0 Å². The molecular formula is C14H21N3O. The highest BCUT2D eigenvalue weighted by molar-refractivity contribution is 5.90. The standard InChI is InChI=1S/C14H21N3O/c1-4-15-11-16-12(2)17-14(10-18-3)13-8-6-5-7-9-13/h5-9,11,14H,4,10H2,1-3H3,(H,15,16,17). The lowest BCUT2D eigenvalue weighted by atomic mass is 10.1. The van der Waals surface area contributed by atoms with E-state index in [-0.39, 0.29) is 6.04 Å². The highest BCUT2D eigenvalue weighted by atomic mass is 16.5. The average Bonchev–Trinajstić information content (AvgIpc) is 2.39. The zero-order valence-corrected chi connectivity index (χ0v) is 11.3. The Balaban J connectivity index is 2.73. The van der Waals surface area contributed by atoms with Crippen molar-refractivity contribution in [2.24, 2.45) is 9.98 Å². The van der Waals surface area contributed by atoms with Crippen molar-refractivity contribution in [3.05, 3.63) is 35.9 Å². The molecule has 1 N–H and O–H groups in total. The van der Waals surface area contributed by atoms with E-state index in [1.807, 2.05) is 32.0 Å². The smallest absolute Gasteiger partial charge is 0.100 e. The van der Waals surface area contributed by atoms with E-state index in [4.69, 9.17) is 4.74 Å². The van der Waals surface area contributed by atoms with Crippen molar-refractivity contribution < 1.29 is 4.74 Å². The highest BCUT2D eigenvalue weighted by Gasteiger charge is 2.09. The van der Waals surface area contributed by atoms with Gasteiger partial charge in [-0.15, -0.1) is 0 Å². The SMILES string of the molecule is CCN=CNC(C)=NC(COC)c1ccccc1. The second-order valence-electron chi connectivity index (χ2n) is 3.87. The van der Waals surface area contributed by atoms with Crippen LogP contribution in [0, 0.1) is 0 Å². The predicted molar refractivity (Wildman–Crippen MR) is 76.3 cm³/mol. The van der Waals surface area contributed by atoms with Gasteiger partial charge in [0, 0.05) is 13.7 Å². The maximum atomic E-state index is 5.22. The van der Waals surface area contributed by atoms with Crippen LogP contribution in [0.1, 0.15) is 25.5 Å². The Kier molecular flexibility index (Phi) is 6.72. The van der Waals surface area contributed by atoms with Gasteiger partial charge in [0.2, 0.25) is 0 Å². The van der Waals surface area contributed by atoms with Crippen molar-refractivity contribution >= 4 is 12.2 Å². The van der Waals surface area contributed by atoms with Gasteiger partial charge in [0.25, 0.3) is 0 Å². The molecule has 1 aromatic rings. The average molecular weight is 247 g/mol. The molecule has 0 amide bonds. The minimum absolute atomic E-state index is 0.0127. The fourth-order valence-electron chi connectivity index (χ4n) is 1.54. The van der Waals surface area contributed by atoms with E-state index in [9.17, 15) is 0 Å². The predicted octanol–water partition coefficient (Wildman–Crippen LogP) is 2.43. The Morgan fingerprint density at radius 3 is 2.72 bits per heavy atom. The second kappa shape index (κ2) is 8.42. The number of nitrogens with zero attached hydrogens (tertiary/aromatic N) is 2. The second-order valence-corrected chi connectivity index (χ2v) is 3.87. The molecule has 0 saturated carbocycles. The molecule has 4 heteroatoms. The van der Waals surface area contributed by atoms with Crippen LogP contribution in [-0.2, 0) is 4.74 Å². The third-order valence-corrected chi connectivity index (χ3v) is 2.41. The van der Waals surface area contributed by atoms with Crippen molar-refractivity contribution in [1.82, 2.24) is 5.32 Å². The van der Waals surface area contributed by atoms with Crippen LogP contribution in [0.5, 0.6) is 0 Å². The maximum absolute atomic E-state index is 5.22. The van der Waals surface area contributed by atoms with E-state index in [0.717, 1.165) is 17.9 Å². The Morgan fingerprint density at radius 2 is 2.11 bits per heavy atom. The van der Waals surface area contributed by atoms with Crippen molar-refractivity contribution in [1.29, 1.82) is 0 Å². The molecule has 4 nitrogen and oxygen atoms in total. The molecule has 1 atom stereocenters. The summed E-state index contributed by atoms with van der Waals surface area (Å²) in [6.45, 7) is 5.24. The number of hydrogen-bond donors (Lipinski definition) is 1. The summed E-state index contributed by atoms with van der Waals surface area (Å²) in [5, 5.41) is 3.04. The van der Waals surface area contributed by atoms with E-state index in [0.29, 0.717) is 6.61 Å². The van der Waals surface area contributed by atoms with Crippen LogP contribution < -0.4 is 5.32 Å². The van der Waals surface area contributed by atoms with Gasteiger partial charge in [-0.25, -0.2) is 0 Å². The normalized spacial score (nSPS) is 13.8. The zero-order valence-electron chi connectivity index (χ0n) is 11.3. The Hall–Kier alpha value is -1.68. The third kappa shape index (κ3) is 5.10. The van der Waals surface area contributed by atoms with Crippen LogP contribution in [0.25, 0.3) is 0 Å². The molecule has 1 aromatic carbocycles. The quantitative estimate of drug-likeness (QED) is 0.620. The molecule has 0 aliphatic rings. The number of benzene rings is 1. The van der Waals surface area contributed by atoms with Gasteiger partial charge < -0.3 is 10.1 Å². The van der Waals surface area contributed by atoms with Gasteiger partial charge in [0.05, 0.1) is 18.8 Å². The molecule has 1 unspecified atom stereocenters. The van der Waals surface area contributed by atoms with Crippen LogP contribution in [-0.4, -0.2) is 32.4 Å². The molecular weight excluding hydrogens is 226 g/mol. The summed E-state index contributed by atoms with van der Waals surface area (Å²) in [7, 11) is 1.69. The Labute approximate surface area is 109 Å². The number of rotatable bonds is 6. The summed E-state index contributed by atoms with van der Waals surface area (Å²) in [5.41, 5.74) is 1.15. The lowest BCUT2D eigenvalue weighted by Gasteiger charge is -2.13. The first-order valence-corrected chi connectivity index (χ1v) is 6.11.